The number of primary amides is 1. The molecular weight excluding hydrogens is 546 g/mol. The number of aryl methyl sites for hydroxylation is 1. The van der Waals surface area contributed by atoms with E-state index in [-0.39, 0.29) is 16.5 Å². The van der Waals surface area contributed by atoms with Crippen molar-refractivity contribution in [1.29, 1.82) is 0 Å². The normalized spacial score (nSPS) is 12.5. The monoisotopic (exact) mass is 565 g/mol. The number of nitrogens with two attached hydrogens (primary N) is 2. The fourth-order valence-electron chi connectivity index (χ4n) is 4.31. The maximum atomic E-state index is 12.8. The van der Waals surface area contributed by atoms with Crippen LogP contribution in [-0.2, 0) is 22.9 Å². The number of fused-ring (bicyclic) bond motifs is 3. The lowest BCUT2D eigenvalue weighted by Gasteiger charge is -2.20. The van der Waals surface area contributed by atoms with Crippen molar-refractivity contribution >= 4 is 43.5 Å². The van der Waals surface area contributed by atoms with Gasteiger partial charge in [0, 0.05) is 26.9 Å². The minimum Gasteiger partial charge on any atom is -0.364 e. The van der Waals surface area contributed by atoms with Gasteiger partial charge in [-0.05, 0) is 73.0 Å². The van der Waals surface area contributed by atoms with Gasteiger partial charge in [-0.15, -0.1) is 0 Å². The molecule has 0 spiro atoms. The van der Waals surface area contributed by atoms with Crippen LogP contribution in [0.2, 0.25) is 0 Å². The van der Waals surface area contributed by atoms with Crippen molar-refractivity contribution < 1.29 is 18.0 Å². The number of amides is 2. The Morgan fingerprint density at radius 1 is 1.00 bits per heavy atom. The third kappa shape index (κ3) is 4.43. The first kappa shape index (κ1) is 23.9. The van der Waals surface area contributed by atoms with E-state index in [2.05, 4.69) is 26.3 Å². The minimum atomic E-state index is -3.87. The van der Waals surface area contributed by atoms with Crippen LogP contribution in [0.5, 0.6) is 0 Å². The Hall–Kier alpha value is -3.80. The molecule has 0 unspecified atom stereocenters. The Morgan fingerprint density at radius 3 is 2.42 bits per heavy atom. The molecule has 36 heavy (non-hydrogen) atoms. The van der Waals surface area contributed by atoms with Crippen LogP contribution in [0.1, 0.15) is 32.0 Å². The van der Waals surface area contributed by atoms with E-state index in [1.807, 2.05) is 24.3 Å². The van der Waals surface area contributed by atoms with Crippen molar-refractivity contribution in [2.45, 2.75) is 17.7 Å². The van der Waals surface area contributed by atoms with Crippen LogP contribution in [0, 0.1) is 0 Å². The first-order valence-corrected chi connectivity index (χ1v) is 13.2. The van der Waals surface area contributed by atoms with Crippen molar-refractivity contribution in [3.05, 3.63) is 93.6 Å². The highest BCUT2D eigenvalue weighted by molar-refractivity contribution is 9.10. The van der Waals surface area contributed by atoms with Crippen LogP contribution in [0.25, 0.3) is 16.9 Å². The zero-order chi connectivity index (χ0) is 25.6. The number of carbonyl (C=O) groups excluding carboxylic acids is 2. The number of anilines is 1. The Morgan fingerprint density at radius 2 is 1.75 bits per heavy atom. The molecule has 0 aliphatic heterocycles. The molecule has 2 amide bonds. The fourth-order valence-corrected chi connectivity index (χ4v) is 5.23. The number of primary sulfonamides is 1. The summed E-state index contributed by atoms with van der Waals surface area (Å²) in [6.07, 6.45) is 1.22. The Kier molecular flexibility index (Phi) is 5.99. The Bertz CT molecular complexity index is 1650. The zero-order valence-corrected chi connectivity index (χ0v) is 21.1. The lowest BCUT2D eigenvalue weighted by Crippen LogP contribution is -2.15. The molecule has 9 nitrogen and oxygen atoms in total. The van der Waals surface area contributed by atoms with E-state index >= 15 is 0 Å². The fraction of sp³-hybridized carbons (Fsp3) is 0.0800. The van der Waals surface area contributed by atoms with Gasteiger partial charge >= 0.3 is 0 Å². The summed E-state index contributed by atoms with van der Waals surface area (Å²) in [5.74, 6) is -0.925. The molecule has 0 atom stereocenters. The van der Waals surface area contributed by atoms with Crippen LogP contribution in [0.4, 0.5) is 5.69 Å². The number of hydrogen-bond acceptors (Lipinski definition) is 5. The molecule has 0 saturated carbocycles. The van der Waals surface area contributed by atoms with Crippen LogP contribution in [-0.4, -0.2) is 30.0 Å². The number of nitrogens with one attached hydrogen (secondary N) is 1. The number of sulfonamides is 1. The molecule has 1 heterocycles. The van der Waals surface area contributed by atoms with E-state index in [1.165, 1.54) is 12.1 Å². The number of rotatable bonds is 5. The van der Waals surface area contributed by atoms with E-state index in [0.717, 1.165) is 15.6 Å². The smallest absolute Gasteiger partial charge is 0.269 e. The van der Waals surface area contributed by atoms with Gasteiger partial charge in [0.25, 0.3) is 11.8 Å². The third-order valence-corrected chi connectivity index (χ3v) is 7.40. The van der Waals surface area contributed by atoms with Crippen molar-refractivity contribution in [2.24, 2.45) is 10.9 Å². The summed E-state index contributed by atoms with van der Waals surface area (Å²) in [4.78, 5) is 25.0. The number of halogens is 1. The second kappa shape index (κ2) is 9.01. The van der Waals surface area contributed by atoms with Crippen molar-refractivity contribution in [3.63, 3.8) is 0 Å². The topological polar surface area (TPSA) is 150 Å². The highest BCUT2D eigenvalue weighted by Crippen LogP contribution is 2.38. The van der Waals surface area contributed by atoms with Gasteiger partial charge in [-0.2, -0.15) is 5.10 Å². The maximum Gasteiger partial charge on any atom is 0.269 e. The predicted octanol–water partition coefficient (Wildman–Crippen LogP) is 3.40. The van der Waals surface area contributed by atoms with E-state index < -0.39 is 15.9 Å². The third-order valence-electron chi connectivity index (χ3n) is 5.98. The largest absolute Gasteiger partial charge is 0.364 e. The maximum absolute atomic E-state index is 12.8. The SMILES string of the molecule is NC(=O)c1nn(-c2ccc(S(N)(=O)=O)cc2)c2c1CCc1ccc(NC(=O)c3cccc(Br)c3)cc1-2. The van der Waals surface area contributed by atoms with Gasteiger partial charge in [0.05, 0.1) is 16.3 Å². The second-order valence-corrected chi connectivity index (χ2v) is 10.8. The molecule has 0 fully saturated rings. The van der Waals surface area contributed by atoms with Gasteiger partial charge in [0.15, 0.2) is 5.69 Å². The molecule has 5 N–H and O–H groups in total. The summed E-state index contributed by atoms with van der Waals surface area (Å²) in [6, 6.07) is 18.5. The van der Waals surface area contributed by atoms with Crippen molar-refractivity contribution in [3.8, 4) is 16.9 Å². The van der Waals surface area contributed by atoms with Crippen LogP contribution < -0.4 is 16.2 Å². The van der Waals surface area contributed by atoms with Gasteiger partial charge in [-0.1, -0.05) is 28.1 Å². The van der Waals surface area contributed by atoms with E-state index in [9.17, 15) is 18.0 Å². The molecule has 0 saturated heterocycles. The molecular formula is C25H20BrN5O4S. The van der Waals surface area contributed by atoms with Gasteiger partial charge in [0.2, 0.25) is 10.0 Å². The zero-order valence-electron chi connectivity index (χ0n) is 18.7. The van der Waals surface area contributed by atoms with E-state index in [1.54, 1.807) is 35.0 Å². The highest BCUT2D eigenvalue weighted by Gasteiger charge is 2.28. The minimum absolute atomic E-state index is 0.0413. The van der Waals surface area contributed by atoms with Gasteiger partial charge in [-0.25, -0.2) is 18.2 Å². The summed E-state index contributed by atoms with van der Waals surface area (Å²) >= 11 is 3.37. The number of benzene rings is 3. The summed E-state index contributed by atoms with van der Waals surface area (Å²) in [5, 5.41) is 12.6. The molecule has 1 aromatic heterocycles. The first-order valence-electron chi connectivity index (χ1n) is 10.9. The summed E-state index contributed by atoms with van der Waals surface area (Å²) in [6.45, 7) is 0. The summed E-state index contributed by atoms with van der Waals surface area (Å²) in [7, 11) is -3.87. The average Bonchev–Trinajstić information content (AvgIpc) is 3.24. The van der Waals surface area contributed by atoms with Crippen molar-refractivity contribution in [2.75, 3.05) is 5.32 Å². The molecule has 0 bridgehead atoms. The quantitative estimate of drug-likeness (QED) is 0.339. The number of aromatic nitrogens is 2. The number of carbonyl (C=O) groups is 2. The standard InChI is InChI=1S/C25H20BrN5O4S/c26-16-3-1-2-15(12-16)25(33)29-17-6-4-14-5-11-20-22(24(27)32)30-31(23(20)21(14)13-17)18-7-9-19(10-8-18)36(28,34)35/h1-4,6-10,12-13H,5,11H2,(H2,27,32)(H,29,33)(H2,28,34,35). The average molecular weight is 566 g/mol. The highest BCUT2D eigenvalue weighted by atomic mass is 79.9. The molecule has 0 radical (unpaired) electrons. The summed E-state index contributed by atoms with van der Waals surface area (Å²) in [5.41, 5.74) is 10.5. The lowest BCUT2D eigenvalue weighted by molar-refractivity contribution is 0.0992. The first-order chi connectivity index (χ1) is 17.1. The predicted molar refractivity (Wildman–Crippen MR) is 138 cm³/mol. The molecule has 4 aromatic rings. The van der Waals surface area contributed by atoms with E-state index in [0.29, 0.717) is 41.0 Å². The molecule has 182 valence electrons. The molecule has 1 aliphatic rings. The van der Waals surface area contributed by atoms with Gasteiger partial charge < -0.3 is 11.1 Å². The van der Waals surface area contributed by atoms with E-state index in [4.69, 9.17) is 10.9 Å². The van der Waals surface area contributed by atoms with Gasteiger partial charge in [0.1, 0.15) is 0 Å². The number of nitrogens with zero attached hydrogens (tertiary/aromatic N) is 2. The molecule has 1 aliphatic carbocycles. The molecule has 5 rings (SSSR count). The summed E-state index contributed by atoms with van der Waals surface area (Å²) < 4.78 is 25.7. The van der Waals surface area contributed by atoms with Crippen LogP contribution in [0.3, 0.4) is 0 Å². The molecule has 11 heteroatoms. The van der Waals surface area contributed by atoms with Gasteiger partial charge in [-0.3, -0.25) is 9.59 Å². The van der Waals surface area contributed by atoms with Crippen LogP contribution >= 0.6 is 15.9 Å². The lowest BCUT2D eigenvalue weighted by atomic mass is 9.88. The molecule has 3 aromatic carbocycles. The Labute approximate surface area is 215 Å². The van der Waals surface area contributed by atoms with Crippen LogP contribution in [0.15, 0.2) is 76.1 Å². The van der Waals surface area contributed by atoms with Crippen molar-refractivity contribution in [1.82, 2.24) is 9.78 Å². The second-order valence-electron chi connectivity index (χ2n) is 8.33. The Balaban J connectivity index is 1.60. The number of hydrogen-bond donors (Lipinski definition) is 3.